The zero-order valence-electron chi connectivity index (χ0n) is 11.3. The van der Waals surface area contributed by atoms with Gasteiger partial charge >= 0.3 is 0 Å². The van der Waals surface area contributed by atoms with E-state index in [9.17, 15) is 5.11 Å². The largest absolute Gasteiger partial charge is 0.493 e. The molecule has 0 saturated heterocycles. The van der Waals surface area contributed by atoms with Gasteiger partial charge in [0.15, 0.2) is 11.5 Å². The van der Waals surface area contributed by atoms with Gasteiger partial charge in [-0.3, -0.25) is 0 Å². The number of hydrogen-bond donors (Lipinski definition) is 2. The SMILES string of the molecule is COc1ccc(C(N)CO)c(OC(C)C)c1OC. The van der Waals surface area contributed by atoms with Crippen LogP contribution in [0.15, 0.2) is 12.1 Å². The quantitative estimate of drug-likeness (QED) is 0.805. The Kier molecular flexibility index (Phi) is 5.25. The fourth-order valence-electron chi connectivity index (χ4n) is 1.66. The molecule has 5 nitrogen and oxygen atoms in total. The molecule has 1 rings (SSSR count). The van der Waals surface area contributed by atoms with E-state index >= 15 is 0 Å². The highest BCUT2D eigenvalue weighted by atomic mass is 16.5. The second-order valence-electron chi connectivity index (χ2n) is 4.18. The summed E-state index contributed by atoms with van der Waals surface area (Å²) in [5, 5.41) is 9.18. The maximum absolute atomic E-state index is 9.18. The van der Waals surface area contributed by atoms with Crippen LogP contribution in [0.1, 0.15) is 25.5 Å². The van der Waals surface area contributed by atoms with E-state index in [4.69, 9.17) is 19.9 Å². The summed E-state index contributed by atoms with van der Waals surface area (Å²) in [4.78, 5) is 0. The van der Waals surface area contributed by atoms with E-state index in [-0.39, 0.29) is 12.7 Å². The number of aliphatic hydroxyl groups excluding tert-OH is 1. The summed E-state index contributed by atoms with van der Waals surface area (Å²) < 4.78 is 16.3. The predicted molar refractivity (Wildman–Crippen MR) is 69.3 cm³/mol. The van der Waals surface area contributed by atoms with Gasteiger partial charge in [-0.1, -0.05) is 0 Å². The molecule has 0 bridgehead atoms. The van der Waals surface area contributed by atoms with Crippen molar-refractivity contribution in [1.82, 2.24) is 0 Å². The molecule has 0 aliphatic rings. The highest BCUT2D eigenvalue weighted by Crippen LogP contribution is 2.42. The van der Waals surface area contributed by atoms with Gasteiger partial charge in [0.05, 0.1) is 33.0 Å². The molecule has 0 radical (unpaired) electrons. The number of methoxy groups -OCH3 is 2. The number of nitrogens with two attached hydrogens (primary N) is 1. The molecular weight excluding hydrogens is 234 g/mol. The Bertz CT molecular complexity index is 393. The van der Waals surface area contributed by atoms with E-state index in [1.165, 1.54) is 0 Å². The van der Waals surface area contributed by atoms with E-state index in [0.29, 0.717) is 22.8 Å². The lowest BCUT2D eigenvalue weighted by atomic mass is 10.1. The van der Waals surface area contributed by atoms with E-state index in [2.05, 4.69) is 0 Å². The van der Waals surface area contributed by atoms with Crippen LogP contribution in [0.4, 0.5) is 0 Å². The number of ether oxygens (including phenoxy) is 3. The van der Waals surface area contributed by atoms with Gasteiger partial charge in [-0.15, -0.1) is 0 Å². The van der Waals surface area contributed by atoms with E-state index in [1.54, 1.807) is 26.4 Å². The Labute approximate surface area is 107 Å². The molecule has 1 atom stereocenters. The lowest BCUT2D eigenvalue weighted by molar-refractivity contribution is 0.216. The third kappa shape index (κ3) is 3.05. The van der Waals surface area contributed by atoms with Crippen molar-refractivity contribution in [2.24, 2.45) is 5.73 Å². The second kappa shape index (κ2) is 6.47. The molecule has 0 spiro atoms. The van der Waals surface area contributed by atoms with Gasteiger partial charge in [0.1, 0.15) is 0 Å². The molecule has 0 heterocycles. The van der Waals surface area contributed by atoms with Crippen LogP contribution >= 0.6 is 0 Å². The van der Waals surface area contributed by atoms with Crippen molar-refractivity contribution in [2.45, 2.75) is 26.0 Å². The van der Waals surface area contributed by atoms with Crippen LogP contribution in [0, 0.1) is 0 Å². The van der Waals surface area contributed by atoms with E-state index < -0.39 is 6.04 Å². The number of hydrogen-bond acceptors (Lipinski definition) is 5. The van der Waals surface area contributed by atoms with Crippen LogP contribution in [0.2, 0.25) is 0 Å². The zero-order valence-corrected chi connectivity index (χ0v) is 11.3. The van der Waals surface area contributed by atoms with E-state index in [1.807, 2.05) is 13.8 Å². The lowest BCUT2D eigenvalue weighted by Crippen LogP contribution is -2.18. The van der Waals surface area contributed by atoms with Gasteiger partial charge in [-0.05, 0) is 26.0 Å². The van der Waals surface area contributed by atoms with Crippen molar-refractivity contribution in [3.8, 4) is 17.2 Å². The summed E-state index contributed by atoms with van der Waals surface area (Å²) >= 11 is 0. The Balaban J connectivity index is 3.33. The number of rotatable bonds is 6. The van der Waals surface area contributed by atoms with Crippen LogP contribution < -0.4 is 19.9 Å². The summed E-state index contributed by atoms with van der Waals surface area (Å²) in [5.74, 6) is 1.59. The fourth-order valence-corrected chi connectivity index (χ4v) is 1.66. The smallest absolute Gasteiger partial charge is 0.203 e. The molecule has 0 saturated carbocycles. The standard InChI is InChI=1S/C13H21NO4/c1-8(2)18-12-9(10(14)7-15)5-6-11(16-3)13(12)17-4/h5-6,8,10,15H,7,14H2,1-4H3. The minimum atomic E-state index is -0.515. The van der Waals surface area contributed by atoms with Crippen molar-refractivity contribution >= 4 is 0 Å². The topological polar surface area (TPSA) is 73.9 Å². The van der Waals surface area contributed by atoms with Crippen molar-refractivity contribution in [1.29, 1.82) is 0 Å². The Morgan fingerprint density at radius 2 is 1.83 bits per heavy atom. The number of aliphatic hydroxyl groups is 1. The first kappa shape index (κ1) is 14.6. The van der Waals surface area contributed by atoms with Crippen LogP contribution in [0.5, 0.6) is 17.2 Å². The van der Waals surface area contributed by atoms with Crippen LogP contribution in [0.25, 0.3) is 0 Å². The zero-order chi connectivity index (χ0) is 13.7. The van der Waals surface area contributed by atoms with Gasteiger partial charge in [0, 0.05) is 5.56 Å². The van der Waals surface area contributed by atoms with Gasteiger partial charge in [-0.25, -0.2) is 0 Å². The summed E-state index contributed by atoms with van der Waals surface area (Å²) in [6.07, 6.45) is -0.0318. The monoisotopic (exact) mass is 255 g/mol. The molecule has 0 amide bonds. The highest BCUT2D eigenvalue weighted by Gasteiger charge is 2.21. The van der Waals surface area contributed by atoms with Gasteiger partial charge < -0.3 is 25.1 Å². The minimum absolute atomic E-state index is 0.0318. The molecule has 1 aromatic carbocycles. The molecule has 102 valence electrons. The van der Waals surface area contributed by atoms with Crippen molar-refractivity contribution < 1.29 is 19.3 Å². The highest BCUT2D eigenvalue weighted by molar-refractivity contribution is 5.56. The molecule has 5 heteroatoms. The summed E-state index contributed by atoms with van der Waals surface area (Å²) in [6.45, 7) is 3.66. The normalized spacial score (nSPS) is 12.4. The Morgan fingerprint density at radius 1 is 1.17 bits per heavy atom. The van der Waals surface area contributed by atoms with Crippen molar-refractivity contribution in [2.75, 3.05) is 20.8 Å². The summed E-state index contributed by atoms with van der Waals surface area (Å²) in [7, 11) is 3.10. The third-order valence-electron chi connectivity index (χ3n) is 2.48. The van der Waals surface area contributed by atoms with Crippen molar-refractivity contribution in [3.05, 3.63) is 17.7 Å². The first-order valence-corrected chi connectivity index (χ1v) is 5.83. The average Bonchev–Trinajstić information content (AvgIpc) is 2.36. The molecule has 0 fully saturated rings. The van der Waals surface area contributed by atoms with Gasteiger partial charge in [0.2, 0.25) is 5.75 Å². The Morgan fingerprint density at radius 3 is 2.28 bits per heavy atom. The first-order chi connectivity index (χ1) is 8.54. The average molecular weight is 255 g/mol. The molecule has 0 aliphatic heterocycles. The molecule has 1 unspecified atom stereocenters. The minimum Gasteiger partial charge on any atom is -0.493 e. The third-order valence-corrected chi connectivity index (χ3v) is 2.48. The second-order valence-corrected chi connectivity index (χ2v) is 4.18. The van der Waals surface area contributed by atoms with Crippen LogP contribution in [-0.2, 0) is 0 Å². The van der Waals surface area contributed by atoms with Gasteiger partial charge in [0.25, 0.3) is 0 Å². The van der Waals surface area contributed by atoms with E-state index in [0.717, 1.165) is 0 Å². The summed E-state index contributed by atoms with van der Waals surface area (Å²) in [6, 6.07) is 3.01. The number of benzene rings is 1. The molecule has 1 aromatic rings. The van der Waals surface area contributed by atoms with Gasteiger partial charge in [-0.2, -0.15) is 0 Å². The molecule has 18 heavy (non-hydrogen) atoms. The Hall–Kier alpha value is -1.46. The maximum Gasteiger partial charge on any atom is 0.203 e. The molecular formula is C13H21NO4. The predicted octanol–water partition coefficient (Wildman–Crippen LogP) is 1.48. The van der Waals surface area contributed by atoms with Crippen LogP contribution in [-0.4, -0.2) is 32.0 Å². The van der Waals surface area contributed by atoms with Crippen molar-refractivity contribution in [3.63, 3.8) is 0 Å². The van der Waals surface area contributed by atoms with Crippen LogP contribution in [0.3, 0.4) is 0 Å². The molecule has 0 aliphatic carbocycles. The molecule has 0 aromatic heterocycles. The summed E-state index contributed by atoms with van der Waals surface area (Å²) in [5.41, 5.74) is 6.56. The lowest BCUT2D eigenvalue weighted by Gasteiger charge is -2.21. The molecule has 3 N–H and O–H groups in total. The maximum atomic E-state index is 9.18. The fraction of sp³-hybridized carbons (Fsp3) is 0.538. The first-order valence-electron chi connectivity index (χ1n) is 5.83.